The molecule has 0 saturated carbocycles. The van der Waals surface area contributed by atoms with Crippen LogP contribution in [0.25, 0.3) is 11.1 Å². The van der Waals surface area contributed by atoms with E-state index in [1.54, 1.807) is 42.5 Å². The quantitative estimate of drug-likeness (QED) is 0.443. The van der Waals surface area contributed by atoms with Crippen LogP contribution < -0.4 is 10.1 Å². The minimum absolute atomic E-state index is 0.0394. The molecule has 1 N–H and O–H groups in total. The van der Waals surface area contributed by atoms with Gasteiger partial charge in [-0.2, -0.15) is 0 Å². The molecule has 1 aliphatic carbocycles. The molecule has 3 aromatic carbocycles. The van der Waals surface area contributed by atoms with Gasteiger partial charge in [-0.25, -0.2) is 0 Å². The topological polar surface area (TPSA) is 72.5 Å². The Morgan fingerprint density at radius 2 is 1.48 bits per heavy atom. The average molecular weight is 357 g/mol. The zero-order valence-electron chi connectivity index (χ0n) is 14.5. The monoisotopic (exact) mass is 357 g/mol. The third-order valence-corrected chi connectivity index (χ3v) is 4.36. The van der Waals surface area contributed by atoms with Crippen LogP contribution in [-0.2, 0) is 4.79 Å². The Morgan fingerprint density at radius 3 is 2.19 bits per heavy atom. The van der Waals surface area contributed by atoms with Crippen LogP contribution in [0, 0.1) is 0 Å². The molecule has 1 amide bonds. The maximum absolute atomic E-state index is 12.6. The second-order valence-electron chi connectivity index (χ2n) is 6.21. The second-order valence-corrected chi connectivity index (χ2v) is 6.21. The number of carbonyl (C=O) groups is 3. The summed E-state index contributed by atoms with van der Waals surface area (Å²) in [7, 11) is 0. The Labute approximate surface area is 155 Å². The number of hydrogen-bond acceptors (Lipinski definition) is 4. The van der Waals surface area contributed by atoms with Gasteiger partial charge in [0, 0.05) is 29.3 Å². The molecule has 0 aliphatic heterocycles. The molecule has 0 radical (unpaired) electrons. The molecule has 0 unspecified atom stereocenters. The lowest BCUT2D eigenvalue weighted by Gasteiger charge is -2.08. The number of esters is 1. The molecule has 5 nitrogen and oxygen atoms in total. The van der Waals surface area contributed by atoms with Crippen molar-refractivity contribution in [1.29, 1.82) is 0 Å². The van der Waals surface area contributed by atoms with Gasteiger partial charge in [0.2, 0.25) is 0 Å². The minimum Gasteiger partial charge on any atom is -0.427 e. The van der Waals surface area contributed by atoms with E-state index in [9.17, 15) is 14.4 Å². The van der Waals surface area contributed by atoms with E-state index in [1.807, 2.05) is 24.3 Å². The standard InChI is InChI=1S/C22H15NO4/c1-13(24)27-16-9-6-14(7-10-16)22(26)23-15-8-11-18-17-4-2-3-5-19(17)21(25)20(18)12-15/h2-12H,1H3,(H,23,26). The Balaban J connectivity index is 1.55. The van der Waals surface area contributed by atoms with Crippen LogP contribution in [0.2, 0.25) is 0 Å². The van der Waals surface area contributed by atoms with Gasteiger partial charge in [-0.1, -0.05) is 30.3 Å². The molecule has 3 aromatic rings. The molecule has 5 heteroatoms. The van der Waals surface area contributed by atoms with Gasteiger partial charge in [0.15, 0.2) is 5.78 Å². The van der Waals surface area contributed by atoms with Crippen molar-refractivity contribution in [1.82, 2.24) is 0 Å². The van der Waals surface area contributed by atoms with Crippen LogP contribution in [0.4, 0.5) is 5.69 Å². The number of ether oxygens (including phenoxy) is 1. The summed E-state index contributed by atoms with van der Waals surface area (Å²) in [5.41, 5.74) is 4.01. The summed E-state index contributed by atoms with van der Waals surface area (Å²) >= 11 is 0. The SMILES string of the molecule is CC(=O)Oc1ccc(C(=O)Nc2ccc3c(c2)C(=O)c2ccccc2-3)cc1. The van der Waals surface area contributed by atoms with Gasteiger partial charge in [-0.15, -0.1) is 0 Å². The molecule has 4 rings (SSSR count). The predicted molar refractivity (Wildman–Crippen MR) is 101 cm³/mol. The molecule has 0 aromatic heterocycles. The third kappa shape index (κ3) is 3.11. The van der Waals surface area contributed by atoms with Gasteiger partial charge in [0.1, 0.15) is 5.75 Å². The zero-order valence-corrected chi connectivity index (χ0v) is 14.5. The maximum Gasteiger partial charge on any atom is 0.308 e. The highest BCUT2D eigenvalue weighted by Gasteiger charge is 2.26. The van der Waals surface area contributed by atoms with Gasteiger partial charge < -0.3 is 10.1 Å². The zero-order chi connectivity index (χ0) is 19.0. The lowest BCUT2D eigenvalue weighted by atomic mass is 10.1. The minimum atomic E-state index is -0.420. The fourth-order valence-electron chi connectivity index (χ4n) is 3.15. The van der Waals surface area contributed by atoms with Crippen molar-refractivity contribution in [3.8, 4) is 16.9 Å². The predicted octanol–water partition coefficient (Wildman–Crippen LogP) is 4.08. The highest BCUT2D eigenvalue weighted by Crippen LogP contribution is 2.37. The number of hydrogen-bond donors (Lipinski definition) is 1. The molecule has 27 heavy (non-hydrogen) atoms. The summed E-state index contributed by atoms with van der Waals surface area (Å²) in [4.78, 5) is 36.0. The first-order valence-corrected chi connectivity index (χ1v) is 8.41. The normalized spacial score (nSPS) is 11.5. The van der Waals surface area contributed by atoms with Crippen molar-refractivity contribution >= 4 is 23.3 Å². The van der Waals surface area contributed by atoms with E-state index >= 15 is 0 Å². The van der Waals surface area contributed by atoms with E-state index in [0.717, 1.165) is 11.1 Å². The van der Waals surface area contributed by atoms with Gasteiger partial charge in [-0.05, 0) is 47.5 Å². The Hall–Kier alpha value is -3.73. The summed E-state index contributed by atoms with van der Waals surface area (Å²) in [6.45, 7) is 1.31. The summed E-state index contributed by atoms with van der Waals surface area (Å²) < 4.78 is 4.95. The number of rotatable bonds is 3. The van der Waals surface area contributed by atoms with E-state index in [4.69, 9.17) is 4.74 Å². The van der Waals surface area contributed by atoms with Crippen LogP contribution in [0.5, 0.6) is 5.75 Å². The van der Waals surface area contributed by atoms with Gasteiger partial charge >= 0.3 is 5.97 Å². The first-order chi connectivity index (χ1) is 13.0. The lowest BCUT2D eigenvalue weighted by Crippen LogP contribution is -2.12. The van der Waals surface area contributed by atoms with Gasteiger partial charge in [0.25, 0.3) is 5.91 Å². The van der Waals surface area contributed by atoms with Crippen molar-refractivity contribution < 1.29 is 19.1 Å². The first kappa shape index (κ1) is 16.7. The molecule has 0 fully saturated rings. The third-order valence-electron chi connectivity index (χ3n) is 4.36. The van der Waals surface area contributed by atoms with E-state index in [2.05, 4.69) is 5.32 Å². The van der Waals surface area contributed by atoms with Gasteiger partial charge in [-0.3, -0.25) is 14.4 Å². The highest BCUT2D eigenvalue weighted by atomic mass is 16.5. The molecular weight excluding hydrogens is 342 g/mol. The number of carbonyl (C=O) groups excluding carboxylic acids is 3. The summed E-state index contributed by atoms with van der Waals surface area (Å²) in [5, 5.41) is 2.80. The number of fused-ring (bicyclic) bond motifs is 3. The molecular formula is C22H15NO4. The number of benzene rings is 3. The van der Waals surface area contributed by atoms with Crippen molar-refractivity contribution in [2.24, 2.45) is 0 Å². The summed E-state index contributed by atoms with van der Waals surface area (Å²) in [6.07, 6.45) is 0. The van der Waals surface area contributed by atoms with E-state index in [1.165, 1.54) is 6.92 Å². The van der Waals surface area contributed by atoms with Crippen molar-refractivity contribution in [2.75, 3.05) is 5.32 Å². The molecule has 132 valence electrons. The fraction of sp³-hybridized carbons (Fsp3) is 0.0455. The van der Waals surface area contributed by atoms with E-state index in [-0.39, 0.29) is 11.7 Å². The van der Waals surface area contributed by atoms with Gasteiger partial charge in [0.05, 0.1) is 0 Å². The summed E-state index contributed by atoms with van der Waals surface area (Å²) in [6, 6.07) is 19.0. The Kier molecular flexibility index (Phi) is 4.05. The van der Waals surface area contributed by atoms with Crippen LogP contribution in [0.15, 0.2) is 66.7 Å². The maximum atomic E-state index is 12.6. The van der Waals surface area contributed by atoms with E-state index in [0.29, 0.717) is 28.1 Å². The van der Waals surface area contributed by atoms with E-state index < -0.39 is 5.97 Å². The second kappa shape index (κ2) is 6.53. The number of anilines is 1. The highest BCUT2D eigenvalue weighted by molar-refractivity contribution is 6.22. The molecule has 0 spiro atoms. The molecule has 0 heterocycles. The van der Waals surface area contributed by atoms with Crippen LogP contribution in [0.1, 0.15) is 33.2 Å². The van der Waals surface area contributed by atoms with Crippen LogP contribution >= 0.6 is 0 Å². The fourth-order valence-corrected chi connectivity index (χ4v) is 3.15. The number of nitrogens with one attached hydrogen (secondary N) is 1. The van der Waals surface area contributed by atoms with Crippen LogP contribution in [0.3, 0.4) is 0 Å². The molecule has 0 saturated heterocycles. The van der Waals surface area contributed by atoms with Crippen LogP contribution in [-0.4, -0.2) is 17.7 Å². The Morgan fingerprint density at radius 1 is 0.815 bits per heavy atom. The molecule has 0 atom stereocenters. The average Bonchev–Trinajstić information content (AvgIpc) is 2.94. The Bertz CT molecular complexity index is 1080. The molecule has 1 aliphatic rings. The lowest BCUT2D eigenvalue weighted by molar-refractivity contribution is -0.131. The largest absolute Gasteiger partial charge is 0.427 e. The van der Waals surface area contributed by atoms with Crippen molar-refractivity contribution in [3.63, 3.8) is 0 Å². The number of ketones is 1. The van der Waals surface area contributed by atoms with Crippen molar-refractivity contribution in [2.45, 2.75) is 6.92 Å². The van der Waals surface area contributed by atoms with Crippen molar-refractivity contribution in [3.05, 3.63) is 83.4 Å². The number of amides is 1. The summed E-state index contributed by atoms with van der Waals surface area (Å²) in [5.74, 6) is -0.398. The smallest absolute Gasteiger partial charge is 0.308 e. The first-order valence-electron chi connectivity index (χ1n) is 8.41. The molecule has 0 bridgehead atoms.